The molecule has 1 unspecified atom stereocenters. The predicted molar refractivity (Wildman–Crippen MR) is 88.9 cm³/mol. The molecule has 0 saturated carbocycles. The maximum absolute atomic E-state index is 12.9. The molecule has 116 valence electrons. The van der Waals surface area contributed by atoms with Crippen molar-refractivity contribution in [1.29, 1.82) is 0 Å². The molecule has 0 N–H and O–H groups in total. The number of nitrogens with zero attached hydrogens (tertiary/aromatic N) is 2. The summed E-state index contributed by atoms with van der Waals surface area (Å²) in [5.41, 5.74) is 1.77. The van der Waals surface area contributed by atoms with Crippen molar-refractivity contribution in [2.24, 2.45) is 0 Å². The summed E-state index contributed by atoms with van der Waals surface area (Å²) in [6, 6.07) is 10.9. The Morgan fingerprint density at radius 3 is 2.96 bits per heavy atom. The van der Waals surface area contributed by atoms with E-state index in [2.05, 4.69) is 4.98 Å². The van der Waals surface area contributed by atoms with Crippen LogP contribution in [0.5, 0.6) is 5.75 Å². The summed E-state index contributed by atoms with van der Waals surface area (Å²) in [7, 11) is -1.11. The maximum Gasteiger partial charge on any atom is 0.263 e. The highest BCUT2D eigenvalue weighted by atomic mass is 32.2. The van der Waals surface area contributed by atoms with E-state index < -0.39 is 10.8 Å². The zero-order valence-corrected chi connectivity index (χ0v) is 13.3. The van der Waals surface area contributed by atoms with Crippen molar-refractivity contribution in [3.63, 3.8) is 0 Å². The van der Waals surface area contributed by atoms with Crippen molar-refractivity contribution >= 4 is 21.8 Å². The molecule has 1 aliphatic heterocycles. The Morgan fingerprint density at radius 2 is 2.13 bits per heavy atom. The highest BCUT2D eigenvalue weighted by Gasteiger charge is 2.23. The normalized spacial score (nSPS) is 14.5. The average Bonchev–Trinajstić information content (AvgIpc) is 3.06. The highest BCUT2D eigenvalue weighted by Crippen LogP contribution is 2.31. The van der Waals surface area contributed by atoms with Crippen LogP contribution in [-0.4, -0.2) is 26.6 Å². The molecule has 0 fully saturated rings. The molecule has 3 heterocycles. The molecule has 2 aromatic heterocycles. The van der Waals surface area contributed by atoms with E-state index >= 15 is 0 Å². The predicted octanol–water partition coefficient (Wildman–Crippen LogP) is 2.06. The van der Waals surface area contributed by atoms with Gasteiger partial charge in [-0.3, -0.25) is 13.6 Å². The molecule has 1 aliphatic rings. The van der Waals surface area contributed by atoms with E-state index in [1.807, 2.05) is 18.2 Å². The number of rotatable bonds is 2. The van der Waals surface area contributed by atoms with Gasteiger partial charge < -0.3 is 4.74 Å². The van der Waals surface area contributed by atoms with Crippen LogP contribution in [0.2, 0.25) is 0 Å². The van der Waals surface area contributed by atoms with Crippen LogP contribution in [0, 0.1) is 0 Å². The number of hydrogen-bond acceptors (Lipinski definition) is 4. The molecule has 3 aromatic rings. The molecule has 0 aliphatic carbocycles. The van der Waals surface area contributed by atoms with Gasteiger partial charge in [0, 0.05) is 34.6 Å². The lowest BCUT2D eigenvalue weighted by Gasteiger charge is -2.13. The molecule has 4 rings (SSSR count). The Kier molecular flexibility index (Phi) is 3.27. The summed E-state index contributed by atoms with van der Waals surface area (Å²) in [6.45, 7) is 0.512. The van der Waals surface area contributed by atoms with Crippen molar-refractivity contribution in [2.45, 2.75) is 11.3 Å². The van der Waals surface area contributed by atoms with Crippen molar-refractivity contribution in [1.82, 2.24) is 9.55 Å². The van der Waals surface area contributed by atoms with Crippen molar-refractivity contribution in [2.75, 3.05) is 12.9 Å². The first-order valence-electron chi connectivity index (χ1n) is 7.26. The summed E-state index contributed by atoms with van der Waals surface area (Å²) in [4.78, 5) is 18.0. The zero-order chi connectivity index (χ0) is 16.0. The summed E-state index contributed by atoms with van der Waals surface area (Å²) >= 11 is 0. The lowest BCUT2D eigenvalue weighted by atomic mass is 10.1. The maximum atomic E-state index is 12.9. The van der Waals surface area contributed by atoms with Crippen LogP contribution in [0.3, 0.4) is 0 Å². The first-order valence-corrected chi connectivity index (χ1v) is 8.82. The number of hydrogen-bond donors (Lipinski definition) is 0. The number of aromatic nitrogens is 2. The zero-order valence-electron chi connectivity index (χ0n) is 12.5. The van der Waals surface area contributed by atoms with Gasteiger partial charge in [-0.05, 0) is 30.3 Å². The molecular formula is C17H14N2O3S. The van der Waals surface area contributed by atoms with E-state index in [1.165, 1.54) is 0 Å². The molecule has 23 heavy (non-hydrogen) atoms. The third-order valence-electron chi connectivity index (χ3n) is 3.98. The van der Waals surface area contributed by atoms with Crippen LogP contribution in [-0.2, 0) is 17.2 Å². The third kappa shape index (κ3) is 2.17. The van der Waals surface area contributed by atoms with Crippen LogP contribution in [0.15, 0.2) is 52.3 Å². The Bertz CT molecular complexity index is 1010. The van der Waals surface area contributed by atoms with E-state index in [4.69, 9.17) is 4.74 Å². The van der Waals surface area contributed by atoms with E-state index in [1.54, 1.807) is 35.2 Å². The molecule has 0 spiro atoms. The Hall–Kier alpha value is -2.47. The molecule has 0 saturated heterocycles. The summed E-state index contributed by atoms with van der Waals surface area (Å²) in [5, 5.41) is 0.822. The number of benzene rings is 1. The third-order valence-corrected chi connectivity index (χ3v) is 4.90. The number of fused-ring (bicyclic) bond motifs is 3. The molecule has 5 nitrogen and oxygen atoms in total. The van der Waals surface area contributed by atoms with Crippen LogP contribution in [0.1, 0.15) is 5.56 Å². The number of pyridine rings is 2. The fourth-order valence-electron chi connectivity index (χ4n) is 2.92. The summed E-state index contributed by atoms with van der Waals surface area (Å²) in [6.07, 6.45) is 3.87. The smallest absolute Gasteiger partial charge is 0.263 e. The molecule has 0 bridgehead atoms. The minimum Gasteiger partial charge on any atom is -0.492 e. The molecular weight excluding hydrogens is 312 g/mol. The van der Waals surface area contributed by atoms with E-state index in [0.29, 0.717) is 40.6 Å². The van der Waals surface area contributed by atoms with Gasteiger partial charge in [0.1, 0.15) is 5.75 Å². The van der Waals surface area contributed by atoms with Gasteiger partial charge in [0.15, 0.2) is 5.65 Å². The van der Waals surface area contributed by atoms with Crippen LogP contribution < -0.4 is 10.3 Å². The molecule has 6 heteroatoms. The van der Waals surface area contributed by atoms with Crippen molar-refractivity contribution in [3.8, 4) is 11.4 Å². The van der Waals surface area contributed by atoms with Gasteiger partial charge in [0.05, 0.1) is 23.2 Å². The lowest BCUT2D eigenvalue weighted by Crippen LogP contribution is -2.22. The second-order valence-corrected chi connectivity index (χ2v) is 6.75. The Morgan fingerprint density at radius 1 is 1.26 bits per heavy atom. The quantitative estimate of drug-likeness (QED) is 0.723. The summed E-state index contributed by atoms with van der Waals surface area (Å²) < 4.78 is 19.0. The number of ether oxygens (including phenoxy) is 1. The van der Waals surface area contributed by atoms with E-state index in [-0.39, 0.29) is 5.56 Å². The minimum atomic E-state index is -1.11. The lowest BCUT2D eigenvalue weighted by molar-refractivity contribution is 0.360. The fraction of sp³-hybridized carbons (Fsp3) is 0.176. The van der Waals surface area contributed by atoms with E-state index in [9.17, 15) is 9.00 Å². The first-order chi connectivity index (χ1) is 11.2. The fourth-order valence-corrected chi connectivity index (χ4v) is 3.48. The van der Waals surface area contributed by atoms with Gasteiger partial charge in [-0.2, -0.15) is 0 Å². The van der Waals surface area contributed by atoms with Gasteiger partial charge in [-0.1, -0.05) is 6.07 Å². The first kappa shape index (κ1) is 14.1. The topological polar surface area (TPSA) is 61.2 Å². The Labute approximate surface area is 135 Å². The molecule has 0 amide bonds. The van der Waals surface area contributed by atoms with Crippen LogP contribution in [0.4, 0.5) is 0 Å². The van der Waals surface area contributed by atoms with Gasteiger partial charge in [0.25, 0.3) is 5.56 Å². The largest absolute Gasteiger partial charge is 0.492 e. The van der Waals surface area contributed by atoms with Crippen LogP contribution >= 0.6 is 0 Å². The molecule has 1 atom stereocenters. The molecule has 0 radical (unpaired) electrons. The van der Waals surface area contributed by atoms with Gasteiger partial charge >= 0.3 is 0 Å². The second kappa shape index (κ2) is 5.31. The minimum absolute atomic E-state index is 0.122. The average molecular weight is 326 g/mol. The van der Waals surface area contributed by atoms with Gasteiger partial charge in [-0.15, -0.1) is 0 Å². The van der Waals surface area contributed by atoms with Gasteiger partial charge in [-0.25, -0.2) is 4.98 Å². The standard InChI is InChI=1S/C17H14N2O3S/c1-23(21)12-5-2-4-11(10-12)19-16-13(6-3-8-18-16)15-14(17(19)20)7-9-22-15/h2-6,8,10H,7,9H2,1H3. The monoisotopic (exact) mass is 326 g/mol. The SMILES string of the molecule is CS(=O)c1cccc(-n2c(=O)c3c(c4cccnc42)OCC3)c1. The van der Waals surface area contributed by atoms with Crippen LogP contribution in [0.25, 0.3) is 16.7 Å². The summed E-state index contributed by atoms with van der Waals surface area (Å²) in [5.74, 6) is 0.643. The second-order valence-electron chi connectivity index (χ2n) is 5.37. The van der Waals surface area contributed by atoms with Gasteiger partial charge in [0.2, 0.25) is 0 Å². The van der Waals surface area contributed by atoms with Crippen molar-refractivity contribution < 1.29 is 8.95 Å². The van der Waals surface area contributed by atoms with E-state index in [0.717, 1.165) is 5.39 Å². The highest BCUT2D eigenvalue weighted by molar-refractivity contribution is 7.84. The Balaban J connectivity index is 2.10. The van der Waals surface area contributed by atoms with Crippen molar-refractivity contribution in [3.05, 3.63) is 58.5 Å². The molecule has 1 aromatic carbocycles.